The molecule has 17 heavy (non-hydrogen) atoms. The third-order valence-electron chi connectivity index (χ3n) is 3.32. The van der Waals surface area contributed by atoms with Crippen LogP contribution >= 0.6 is 23.2 Å². The van der Waals surface area contributed by atoms with Gasteiger partial charge < -0.3 is 10.6 Å². The molecule has 2 N–H and O–H groups in total. The first-order valence-corrected chi connectivity index (χ1v) is 6.55. The number of hydrogen-bond donors (Lipinski definition) is 2. The molecule has 2 aliphatic rings. The lowest BCUT2D eigenvalue weighted by Gasteiger charge is -2.05. The van der Waals surface area contributed by atoms with Crippen LogP contribution in [0.4, 0.5) is 5.69 Å². The number of aliphatic imine (C=N–C) groups is 1. The largest absolute Gasteiger partial charge is 0.351 e. The van der Waals surface area contributed by atoms with Crippen molar-refractivity contribution in [1.82, 2.24) is 10.6 Å². The van der Waals surface area contributed by atoms with Crippen LogP contribution in [0.3, 0.4) is 0 Å². The van der Waals surface area contributed by atoms with Crippen molar-refractivity contribution >= 4 is 34.8 Å². The Hall–Kier alpha value is -0.930. The molecular formula is C12H13Cl2N3. The van der Waals surface area contributed by atoms with Gasteiger partial charge in [-0.1, -0.05) is 29.3 Å². The zero-order chi connectivity index (χ0) is 11.8. The van der Waals surface area contributed by atoms with E-state index in [1.165, 1.54) is 19.3 Å². The van der Waals surface area contributed by atoms with Crippen LogP contribution < -0.4 is 10.6 Å². The van der Waals surface area contributed by atoms with Gasteiger partial charge in [0.25, 0.3) is 0 Å². The van der Waals surface area contributed by atoms with Gasteiger partial charge in [-0.15, -0.1) is 0 Å². The van der Waals surface area contributed by atoms with E-state index >= 15 is 0 Å². The highest BCUT2D eigenvalue weighted by Gasteiger charge is 2.34. The normalized spacial score (nSPS) is 26.4. The molecule has 90 valence electrons. The molecule has 0 unspecified atom stereocenters. The van der Waals surface area contributed by atoms with E-state index in [2.05, 4.69) is 15.6 Å². The van der Waals surface area contributed by atoms with Gasteiger partial charge in [-0.3, -0.25) is 0 Å². The minimum atomic E-state index is 0.509. The Morgan fingerprint density at radius 3 is 2.24 bits per heavy atom. The standard InChI is InChI=1S/C12H13Cl2N3/c13-7-3-1-4-8(14)11(7)17-12-15-9-5-2-6-10(9)16-12/h1,3-4,9-10H,2,5-6H2,(H2,15,16,17)/t9-,10-/m1/s1. The van der Waals surface area contributed by atoms with Gasteiger partial charge >= 0.3 is 0 Å². The quantitative estimate of drug-likeness (QED) is 0.822. The van der Waals surface area contributed by atoms with Crippen LogP contribution in [0.1, 0.15) is 19.3 Å². The molecule has 1 heterocycles. The molecule has 3 rings (SSSR count). The average molecular weight is 270 g/mol. The Morgan fingerprint density at radius 2 is 1.65 bits per heavy atom. The zero-order valence-corrected chi connectivity index (χ0v) is 10.7. The van der Waals surface area contributed by atoms with Crippen molar-refractivity contribution in [3.8, 4) is 0 Å². The lowest BCUT2D eigenvalue weighted by atomic mass is 10.2. The maximum atomic E-state index is 6.08. The Morgan fingerprint density at radius 1 is 1.06 bits per heavy atom. The summed E-state index contributed by atoms with van der Waals surface area (Å²) in [4.78, 5) is 4.47. The molecule has 3 nitrogen and oxygen atoms in total. The molecule has 0 spiro atoms. The molecule has 2 fully saturated rings. The van der Waals surface area contributed by atoms with E-state index < -0.39 is 0 Å². The monoisotopic (exact) mass is 269 g/mol. The van der Waals surface area contributed by atoms with Gasteiger partial charge in [-0.05, 0) is 31.4 Å². The Bertz CT molecular complexity index is 439. The predicted molar refractivity (Wildman–Crippen MR) is 71.3 cm³/mol. The smallest absolute Gasteiger partial charge is 0.197 e. The van der Waals surface area contributed by atoms with Crippen LogP contribution in [0, 0.1) is 0 Å². The first kappa shape index (κ1) is 11.2. The molecule has 0 bridgehead atoms. The average Bonchev–Trinajstić information content (AvgIpc) is 2.83. The summed E-state index contributed by atoms with van der Waals surface area (Å²) < 4.78 is 0. The van der Waals surface area contributed by atoms with Gasteiger partial charge in [-0.2, -0.15) is 0 Å². The van der Waals surface area contributed by atoms with Crippen molar-refractivity contribution in [1.29, 1.82) is 0 Å². The van der Waals surface area contributed by atoms with E-state index in [4.69, 9.17) is 23.2 Å². The minimum Gasteiger partial charge on any atom is -0.351 e. The Kier molecular flexibility index (Phi) is 2.89. The van der Waals surface area contributed by atoms with Crippen molar-refractivity contribution in [3.05, 3.63) is 28.2 Å². The molecule has 0 aromatic heterocycles. The third kappa shape index (κ3) is 2.09. The van der Waals surface area contributed by atoms with E-state index in [9.17, 15) is 0 Å². The first-order chi connectivity index (χ1) is 8.24. The van der Waals surface area contributed by atoms with Crippen molar-refractivity contribution in [2.75, 3.05) is 0 Å². The first-order valence-electron chi connectivity index (χ1n) is 5.80. The molecule has 1 aliphatic carbocycles. The van der Waals surface area contributed by atoms with Crippen LogP contribution in [0.25, 0.3) is 0 Å². The number of halogens is 2. The molecule has 1 aromatic carbocycles. The van der Waals surface area contributed by atoms with Gasteiger partial charge in [0.2, 0.25) is 0 Å². The van der Waals surface area contributed by atoms with Crippen molar-refractivity contribution < 1.29 is 0 Å². The molecule has 1 saturated heterocycles. The van der Waals surface area contributed by atoms with Crippen LogP contribution in [0.5, 0.6) is 0 Å². The van der Waals surface area contributed by atoms with Gasteiger partial charge in [-0.25, -0.2) is 4.99 Å². The van der Waals surface area contributed by atoms with Crippen molar-refractivity contribution in [3.63, 3.8) is 0 Å². The van der Waals surface area contributed by atoms with Crippen LogP contribution in [0.15, 0.2) is 23.2 Å². The highest BCUT2D eigenvalue weighted by molar-refractivity contribution is 6.38. The third-order valence-corrected chi connectivity index (χ3v) is 3.93. The maximum absolute atomic E-state index is 6.08. The summed E-state index contributed by atoms with van der Waals surface area (Å²) in [5.41, 5.74) is 0.630. The predicted octanol–water partition coefficient (Wildman–Crippen LogP) is 3.09. The van der Waals surface area contributed by atoms with Crippen LogP contribution in [0.2, 0.25) is 10.0 Å². The molecule has 2 atom stereocenters. The fourth-order valence-corrected chi connectivity index (χ4v) is 2.95. The lowest BCUT2D eigenvalue weighted by molar-refractivity contribution is 0.583. The Balaban J connectivity index is 1.87. The Labute approximate surface area is 110 Å². The summed E-state index contributed by atoms with van der Waals surface area (Å²) in [5.74, 6) is 0.787. The topological polar surface area (TPSA) is 36.4 Å². The summed E-state index contributed by atoms with van der Waals surface area (Å²) in [7, 11) is 0. The summed E-state index contributed by atoms with van der Waals surface area (Å²) >= 11 is 12.2. The van der Waals surface area contributed by atoms with Crippen LogP contribution in [-0.4, -0.2) is 18.0 Å². The highest BCUT2D eigenvalue weighted by Crippen LogP contribution is 2.33. The number of nitrogens with one attached hydrogen (secondary N) is 2. The van der Waals surface area contributed by atoms with E-state index in [1.807, 2.05) is 6.07 Å². The fraction of sp³-hybridized carbons (Fsp3) is 0.417. The molecule has 5 heteroatoms. The molecule has 1 aromatic rings. The number of benzene rings is 1. The zero-order valence-electron chi connectivity index (χ0n) is 9.21. The fourth-order valence-electron chi connectivity index (χ4n) is 2.47. The second-order valence-electron chi connectivity index (χ2n) is 4.46. The van der Waals surface area contributed by atoms with E-state index in [0.29, 0.717) is 27.8 Å². The van der Waals surface area contributed by atoms with E-state index in [-0.39, 0.29) is 0 Å². The summed E-state index contributed by atoms with van der Waals surface area (Å²) in [6.07, 6.45) is 3.68. The van der Waals surface area contributed by atoms with Gasteiger partial charge in [0, 0.05) is 12.1 Å². The SMILES string of the molecule is Clc1cccc(Cl)c1N=C1N[C@@H]2CCC[C@H]2N1. The summed E-state index contributed by atoms with van der Waals surface area (Å²) in [6, 6.07) is 6.43. The number of guanidine groups is 1. The number of fused-ring (bicyclic) bond motifs is 1. The van der Waals surface area contributed by atoms with Gasteiger partial charge in [0.1, 0.15) is 5.69 Å². The molecule has 0 amide bonds. The highest BCUT2D eigenvalue weighted by atomic mass is 35.5. The van der Waals surface area contributed by atoms with Crippen molar-refractivity contribution in [2.24, 2.45) is 4.99 Å². The second-order valence-corrected chi connectivity index (χ2v) is 5.28. The number of para-hydroxylation sites is 1. The molecule has 0 radical (unpaired) electrons. The van der Waals surface area contributed by atoms with Crippen LogP contribution in [-0.2, 0) is 0 Å². The molecular weight excluding hydrogens is 257 g/mol. The number of rotatable bonds is 1. The number of hydrogen-bond acceptors (Lipinski definition) is 1. The van der Waals surface area contributed by atoms with Gasteiger partial charge in [0.15, 0.2) is 5.96 Å². The van der Waals surface area contributed by atoms with Crippen molar-refractivity contribution in [2.45, 2.75) is 31.3 Å². The number of nitrogens with zero attached hydrogens (tertiary/aromatic N) is 1. The summed E-state index contributed by atoms with van der Waals surface area (Å²) in [6.45, 7) is 0. The minimum absolute atomic E-state index is 0.509. The van der Waals surface area contributed by atoms with E-state index in [1.54, 1.807) is 12.1 Å². The van der Waals surface area contributed by atoms with E-state index in [0.717, 1.165) is 5.96 Å². The second kappa shape index (κ2) is 4.39. The molecule has 1 saturated carbocycles. The van der Waals surface area contributed by atoms with Gasteiger partial charge in [0.05, 0.1) is 10.0 Å². The molecule has 1 aliphatic heterocycles. The maximum Gasteiger partial charge on any atom is 0.197 e. The lowest BCUT2D eigenvalue weighted by Crippen LogP contribution is -2.27. The summed E-state index contributed by atoms with van der Waals surface area (Å²) in [5, 5.41) is 7.90.